The van der Waals surface area contributed by atoms with Gasteiger partial charge >= 0.3 is 5.97 Å². The van der Waals surface area contributed by atoms with E-state index < -0.39 is 0 Å². The molecule has 4 heteroatoms. The Hall–Kier alpha value is -0.610. The van der Waals surface area contributed by atoms with Crippen LogP contribution in [0.2, 0.25) is 0 Å². The normalized spacial score (nSPS) is 31.6. The van der Waals surface area contributed by atoms with Crippen molar-refractivity contribution in [3.8, 4) is 0 Å². The molecule has 0 aromatic carbocycles. The van der Waals surface area contributed by atoms with Gasteiger partial charge in [0, 0.05) is 19.3 Å². The summed E-state index contributed by atoms with van der Waals surface area (Å²) in [5, 5.41) is 3.27. The zero-order valence-corrected chi connectivity index (χ0v) is 9.91. The number of esters is 1. The van der Waals surface area contributed by atoms with Gasteiger partial charge in [0.1, 0.15) is 0 Å². The molecule has 0 bridgehead atoms. The van der Waals surface area contributed by atoms with Crippen LogP contribution in [0.5, 0.6) is 0 Å². The number of nitrogens with one attached hydrogen (secondary N) is 1. The zero-order chi connectivity index (χ0) is 11.4. The molecule has 0 saturated carbocycles. The summed E-state index contributed by atoms with van der Waals surface area (Å²) in [6, 6.07) is 0.266. The molecule has 2 heterocycles. The molecule has 1 N–H and O–H groups in total. The SMILES string of the molecule is CC1NCCC1C(=O)OCC1CCOCC1. The van der Waals surface area contributed by atoms with Crippen LogP contribution in [0.4, 0.5) is 0 Å². The molecule has 2 aliphatic rings. The predicted octanol–water partition coefficient (Wildman–Crippen LogP) is 0.954. The van der Waals surface area contributed by atoms with Gasteiger partial charge in [-0.1, -0.05) is 0 Å². The van der Waals surface area contributed by atoms with E-state index in [-0.39, 0.29) is 17.9 Å². The van der Waals surface area contributed by atoms with Crippen molar-refractivity contribution in [1.29, 1.82) is 0 Å². The predicted molar refractivity (Wildman–Crippen MR) is 60.1 cm³/mol. The van der Waals surface area contributed by atoms with Crippen molar-refractivity contribution in [3.05, 3.63) is 0 Å². The van der Waals surface area contributed by atoms with Crippen molar-refractivity contribution in [2.24, 2.45) is 11.8 Å². The molecule has 0 spiro atoms. The Morgan fingerprint density at radius 2 is 2.12 bits per heavy atom. The van der Waals surface area contributed by atoms with Crippen LogP contribution in [0, 0.1) is 11.8 Å². The van der Waals surface area contributed by atoms with Gasteiger partial charge in [-0.2, -0.15) is 0 Å². The average molecular weight is 227 g/mol. The Bertz CT molecular complexity index is 238. The molecule has 2 rings (SSSR count). The summed E-state index contributed by atoms with van der Waals surface area (Å²) in [7, 11) is 0. The third-order valence-corrected chi connectivity index (χ3v) is 3.63. The highest BCUT2D eigenvalue weighted by molar-refractivity contribution is 5.73. The van der Waals surface area contributed by atoms with Crippen molar-refractivity contribution >= 4 is 5.97 Å². The first-order chi connectivity index (χ1) is 7.77. The summed E-state index contributed by atoms with van der Waals surface area (Å²) in [6.45, 7) is 5.17. The van der Waals surface area contributed by atoms with Crippen LogP contribution < -0.4 is 5.32 Å². The fourth-order valence-electron chi connectivity index (χ4n) is 2.40. The lowest BCUT2D eigenvalue weighted by Crippen LogP contribution is -2.31. The molecule has 2 fully saturated rings. The number of hydrogen-bond acceptors (Lipinski definition) is 4. The molecule has 0 amide bonds. The molecular weight excluding hydrogens is 206 g/mol. The van der Waals surface area contributed by atoms with E-state index in [4.69, 9.17) is 9.47 Å². The number of rotatable bonds is 3. The van der Waals surface area contributed by atoms with E-state index in [0.717, 1.165) is 39.0 Å². The Labute approximate surface area is 96.7 Å². The minimum Gasteiger partial charge on any atom is -0.465 e. The van der Waals surface area contributed by atoms with E-state index in [0.29, 0.717) is 12.5 Å². The quantitative estimate of drug-likeness (QED) is 0.729. The van der Waals surface area contributed by atoms with E-state index >= 15 is 0 Å². The summed E-state index contributed by atoms with van der Waals surface area (Å²) in [5.74, 6) is 0.534. The van der Waals surface area contributed by atoms with Crippen LogP contribution in [0.1, 0.15) is 26.2 Å². The summed E-state index contributed by atoms with van der Waals surface area (Å²) in [4.78, 5) is 11.8. The van der Waals surface area contributed by atoms with Crippen molar-refractivity contribution < 1.29 is 14.3 Å². The van der Waals surface area contributed by atoms with Gasteiger partial charge in [0.15, 0.2) is 0 Å². The average Bonchev–Trinajstić information content (AvgIpc) is 2.74. The molecule has 4 nitrogen and oxygen atoms in total. The third kappa shape index (κ3) is 2.95. The Kier molecular flexibility index (Phi) is 4.18. The molecule has 2 aliphatic heterocycles. The number of ether oxygens (including phenoxy) is 2. The maximum atomic E-state index is 11.8. The second-order valence-corrected chi connectivity index (χ2v) is 4.82. The Balaban J connectivity index is 1.70. The van der Waals surface area contributed by atoms with E-state index in [1.807, 2.05) is 6.92 Å². The molecule has 2 saturated heterocycles. The van der Waals surface area contributed by atoms with Crippen molar-refractivity contribution in [2.75, 3.05) is 26.4 Å². The first-order valence-electron chi connectivity index (χ1n) is 6.25. The van der Waals surface area contributed by atoms with Crippen LogP contribution in [0.15, 0.2) is 0 Å². The lowest BCUT2D eigenvalue weighted by atomic mass is 10.0. The first kappa shape index (κ1) is 11.9. The molecule has 2 unspecified atom stereocenters. The van der Waals surface area contributed by atoms with Crippen LogP contribution in [-0.4, -0.2) is 38.4 Å². The van der Waals surface area contributed by atoms with Gasteiger partial charge in [-0.3, -0.25) is 4.79 Å². The Morgan fingerprint density at radius 1 is 1.38 bits per heavy atom. The minimum absolute atomic E-state index is 0.0241. The van der Waals surface area contributed by atoms with Crippen LogP contribution in [-0.2, 0) is 14.3 Å². The highest BCUT2D eigenvalue weighted by Gasteiger charge is 2.31. The summed E-state index contributed by atoms with van der Waals surface area (Å²) < 4.78 is 10.7. The summed E-state index contributed by atoms with van der Waals surface area (Å²) in [5.41, 5.74) is 0. The lowest BCUT2D eigenvalue weighted by molar-refractivity contribution is -0.151. The molecule has 0 radical (unpaired) electrons. The second kappa shape index (κ2) is 5.64. The van der Waals surface area contributed by atoms with Crippen LogP contribution >= 0.6 is 0 Å². The van der Waals surface area contributed by atoms with Crippen LogP contribution in [0.25, 0.3) is 0 Å². The van der Waals surface area contributed by atoms with Crippen molar-refractivity contribution in [2.45, 2.75) is 32.2 Å². The smallest absolute Gasteiger partial charge is 0.310 e. The fourth-order valence-corrected chi connectivity index (χ4v) is 2.40. The summed E-state index contributed by atoms with van der Waals surface area (Å²) in [6.07, 6.45) is 2.95. The molecule has 0 aromatic heterocycles. The number of carbonyl (C=O) groups is 1. The lowest BCUT2D eigenvalue weighted by Gasteiger charge is -2.22. The standard InChI is InChI=1S/C12H21NO3/c1-9-11(2-5-13-9)12(14)16-8-10-3-6-15-7-4-10/h9-11,13H,2-8H2,1H3. The van der Waals surface area contributed by atoms with E-state index in [1.54, 1.807) is 0 Å². The highest BCUT2D eigenvalue weighted by Crippen LogP contribution is 2.19. The van der Waals surface area contributed by atoms with Crippen molar-refractivity contribution in [1.82, 2.24) is 5.32 Å². The number of carbonyl (C=O) groups excluding carboxylic acids is 1. The molecule has 2 atom stereocenters. The minimum atomic E-state index is -0.0241. The largest absolute Gasteiger partial charge is 0.465 e. The van der Waals surface area contributed by atoms with E-state index in [1.165, 1.54) is 0 Å². The first-order valence-corrected chi connectivity index (χ1v) is 6.25. The zero-order valence-electron chi connectivity index (χ0n) is 9.91. The topological polar surface area (TPSA) is 47.6 Å². The fraction of sp³-hybridized carbons (Fsp3) is 0.917. The van der Waals surface area contributed by atoms with E-state index in [2.05, 4.69) is 5.32 Å². The van der Waals surface area contributed by atoms with E-state index in [9.17, 15) is 4.79 Å². The van der Waals surface area contributed by atoms with Gasteiger partial charge in [0.25, 0.3) is 0 Å². The summed E-state index contributed by atoms with van der Waals surface area (Å²) >= 11 is 0. The van der Waals surface area contributed by atoms with Gasteiger partial charge in [0.2, 0.25) is 0 Å². The maximum Gasteiger partial charge on any atom is 0.310 e. The molecule has 0 aromatic rings. The highest BCUT2D eigenvalue weighted by atomic mass is 16.5. The molecular formula is C12H21NO3. The van der Waals surface area contributed by atoms with Gasteiger partial charge in [-0.25, -0.2) is 0 Å². The molecule has 0 aliphatic carbocycles. The van der Waals surface area contributed by atoms with Gasteiger partial charge in [-0.05, 0) is 38.6 Å². The van der Waals surface area contributed by atoms with Crippen LogP contribution in [0.3, 0.4) is 0 Å². The molecule has 92 valence electrons. The van der Waals surface area contributed by atoms with Gasteiger partial charge in [-0.15, -0.1) is 0 Å². The van der Waals surface area contributed by atoms with Gasteiger partial charge in [0.05, 0.1) is 12.5 Å². The maximum absolute atomic E-state index is 11.8. The monoisotopic (exact) mass is 227 g/mol. The van der Waals surface area contributed by atoms with Gasteiger partial charge < -0.3 is 14.8 Å². The molecule has 16 heavy (non-hydrogen) atoms. The third-order valence-electron chi connectivity index (χ3n) is 3.63. The number of hydrogen-bond donors (Lipinski definition) is 1. The second-order valence-electron chi connectivity index (χ2n) is 4.82. The Morgan fingerprint density at radius 3 is 2.75 bits per heavy atom. The van der Waals surface area contributed by atoms with Crippen molar-refractivity contribution in [3.63, 3.8) is 0 Å².